The Hall–Kier alpha value is -3.02. The van der Waals surface area contributed by atoms with Gasteiger partial charge < -0.3 is 9.64 Å². The third kappa shape index (κ3) is 4.58. The van der Waals surface area contributed by atoms with Gasteiger partial charge in [-0.05, 0) is 48.5 Å². The summed E-state index contributed by atoms with van der Waals surface area (Å²) in [6.45, 7) is 1.16. The van der Waals surface area contributed by atoms with Gasteiger partial charge in [0.05, 0.1) is 4.90 Å². The molecule has 2 aromatic rings. The zero-order chi connectivity index (χ0) is 21.9. The van der Waals surface area contributed by atoms with E-state index in [1.54, 1.807) is 0 Å². The van der Waals surface area contributed by atoms with Crippen LogP contribution in [0.25, 0.3) is 0 Å². The predicted octanol–water partition coefficient (Wildman–Crippen LogP) is 1.34. The number of carbonyl (C=O) groups is 2. The van der Waals surface area contributed by atoms with Crippen molar-refractivity contribution in [2.24, 2.45) is 0 Å². The first-order valence-corrected chi connectivity index (χ1v) is 10.4. The van der Waals surface area contributed by atoms with Crippen LogP contribution in [0, 0.1) is 5.82 Å². The molecule has 0 aromatic heterocycles. The van der Waals surface area contributed by atoms with E-state index in [0.717, 1.165) is 4.31 Å². The van der Waals surface area contributed by atoms with Crippen molar-refractivity contribution in [2.45, 2.75) is 17.9 Å². The Balaban J connectivity index is 1.81. The number of halogens is 1. The van der Waals surface area contributed by atoms with Crippen molar-refractivity contribution in [3.05, 3.63) is 54.3 Å². The Morgan fingerprint density at radius 3 is 2.17 bits per heavy atom. The SMILES string of the molecule is CC(=O)N1CCN(S(=O)(=O)c2ccc(Oc3ccc(F)cc3)cc2)[C@@H](C(=O)NO)C1. The van der Waals surface area contributed by atoms with Crippen molar-refractivity contribution in [3.63, 3.8) is 0 Å². The summed E-state index contributed by atoms with van der Waals surface area (Å²) in [4.78, 5) is 24.9. The molecule has 2 aromatic carbocycles. The number of nitrogens with zero attached hydrogens (tertiary/aromatic N) is 2. The minimum Gasteiger partial charge on any atom is -0.457 e. The number of carbonyl (C=O) groups excluding carboxylic acids is 2. The van der Waals surface area contributed by atoms with Crippen molar-refractivity contribution in [1.29, 1.82) is 0 Å². The Morgan fingerprint density at radius 2 is 1.63 bits per heavy atom. The maximum atomic E-state index is 13.1. The molecule has 0 bridgehead atoms. The number of sulfonamides is 1. The summed E-state index contributed by atoms with van der Waals surface area (Å²) >= 11 is 0. The van der Waals surface area contributed by atoms with Gasteiger partial charge in [-0.1, -0.05) is 0 Å². The van der Waals surface area contributed by atoms with Gasteiger partial charge in [0.15, 0.2) is 0 Å². The second-order valence-electron chi connectivity index (χ2n) is 6.60. The van der Waals surface area contributed by atoms with Crippen LogP contribution in [0.3, 0.4) is 0 Å². The fourth-order valence-electron chi connectivity index (χ4n) is 3.08. The van der Waals surface area contributed by atoms with Gasteiger partial charge >= 0.3 is 0 Å². The van der Waals surface area contributed by atoms with Crippen LogP contribution in [-0.4, -0.2) is 60.3 Å². The van der Waals surface area contributed by atoms with Crippen molar-refractivity contribution in [3.8, 4) is 11.5 Å². The van der Waals surface area contributed by atoms with E-state index in [4.69, 9.17) is 9.94 Å². The van der Waals surface area contributed by atoms with E-state index < -0.39 is 27.8 Å². The van der Waals surface area contributed by atoms with Gasteiger partial charge in [-0.15, -0.1) is 0 Å². The lowest BCUT2D eigenvalue weighted by molar-refractivity contribution is -0.138. The maximum absolute atomic E-state index is 13.1. The van der Waals surface area contributed by atoms with Crippen molar-refractivity contribution >= 4 is 21.8 Å². The normalized spacial score (nSPS) is 17.4. The minimum atomic E-state index is -4.09. The highest BCUT2D eigenvalue weighted by atomic mass is 32.2. The summed E-state index contributed by atoms with van der Waals surface area (Å²) in [5.41, 5.74) is 1.46. The number of nitrogens with one attached hydrogen (secondary N) is 1. The van der Waals surface area contributed by atoms with Crippen LogP contribution < -0.4 is 10.2 Å². The smallest absolute Gasteiger partial charge is 0.263 e. The molecular formula is C19H20FN3O6S. The molecular weight excluding hydrogens is 417 g/mol. The standard InChI is InChI=1S/C19H20FN3O6S/c1-13(24)22-10-11-23(18(12-22)19(25)21-26)30(27,28)17-8-6-16(7-9-17)29-15-4-2-14(20)3-5-15/h2-9,18,26H,10-12H2,1H3,(H,21,25)/t18-/m1/s1. The van der Waals surface area contributed by atoms with Gasteiger partial charge in [-0.2, -0.15) is 4.31 Å². The van der Waals surface area contributed by atoms with E-state index >= 15 is 0 Å². The second-order valence-corrected chi connectivity index (χ2v) is 8.49. The Bertz CT molecular complexity index is 1030. The molecule has 1 aliphatic rings. The molecule has 1 fully saturated rings. The summed E-state index contributed by atoms with van der Waals surface area (Å²) in [5, 5.41) is 9.00. The first-order chi connectivity index (χ1) is 14.2. The monoisotopic (exact) mass is 437 g/mol. The highest BCUT2D eigenvalue weighted by Crippen LogP contribution is 2.26. The van der Waals surface area contributed by atoms with Gasteiger partial charge in [0, 0.05) is 26.6 Å². The molecule has 0 radical (unpaired) electrons. The first kappa shape index (κ1) is 21.7. The fourth-order valence-corrected chi connectivity index (χ4v) is 4.65. The number of rotatable bonds is 5. The molecule has 0 spiro atoms. The Labute approximate surface area is 172 Å². The number of hydrogen-bond donors (Lipinski definition) is 2. The largest absolute Gasteiger partial charge is 0.457 e. The molecule has 0 saturated carbocycles. The zero-order valence-corrected chi connectivity index (χ0v) is 16.8. The van der Waals surface area contributed by atoms with Crippen LogP contribution in [-0.2, 0) is 19.6 Å². The van der Waals surface area contributed by atoms with Crippen LogP contribution in [0.2, 0.25) is 0 Å². The second kappa shape index (κ2) is 8.78. The Morgan fingerprint density at radius 1 is 1.07 bits per heavy atom. The highest BCUT2D eigenvalue weighted by molar-refractivity contribution is 7.89. The van der Waals surface area contributed by atoms with Crippen molar-refractivity contribution < 1.29 is 32.3 Å². The molecule has 0 unspecified atom stereocenters. The molecule has 9 nitrogen and oxygen atoms in total. The number of hydroxylamine groups is 1. The van der Waals surface area contributed by atoms with Crippen LogP contribution in [0.4, 0.5) is 4.39 Å². The summed E-state index contributed by atoms with van der Waals surface area (Å²) in [7, 11) is -4.09. The molecule has 160 valence electrons. The van der Waals surface area contributed by atoms with Gasteiger partial charge in [-0.3, -0.25) is 14.8 Å². The average Bonchev–Trinajstić information content (AvgIpc) is 2.74. The van der Waals surface area contributed by atoms with Gasteiger partial charge in [0.25, 0.3) is 5.91 Å². The maximum Gasteiger partial charge on any atom is 0.263 e. The number of hydrogen-bond acceptors (Lipinski definition) is 6. The number of amides is 2. The Kier molecular flexibility index (Phi) is 6.34. The van der Waals surface area contributed by atoms with Gasteiger partial charge in [-0.25, -0.2) is 18.3 Å². The summed E-state index contributed by atoms with van der Waals surface area (Å²) < 4.78 is 45.6. The van der Waals surface area contributed by atoms with Gasteiger partial charge in [0.1, 0.15) is 23.4 Å². The summed E-state index contributed by atoms with van der Waals surface area (Å²) in [5.74, 6) is -0.917. The van der Waals surface area contributed by atoms with E-state index in [0.29, 0.717) is 11.5 Å². The lowest BCUT2D eigenvalue weighted by atomic mass is 10.2. The van der Waals surface area contributed by atoms with Crippen molar-refractivity contribution in [1.82, 2.24) is 14.7 Å². The average molecular weight is 437 g/mol. The fraction of sp³-hybridized carbons (Fsp3) is 0.263. The van der Waals surface area contributed by atoms with E-state index in [2.05, 4.69) is 0 Å². The molecule has 11 heteroatoms. The molecule has 30 heavy (non-hydrogen) atoms. The summed E-state index contributed by atoms with van der Waals surface area (Å²) in [6.07, 6.45) is 0. The number of benzene rings is 2. The first-order valence-electron chi connectivity index (χ1n) is 8.97. The molecule has 1 saturated heterocycles. The number of piperazine rings is 1. The topological polar surface area (TPSA) is 116 Å². The minimum absolute atomic E-state index is 0.0824. The molecule has 2 N–H and O–H groups in total. The predicted molar refractivity (Wildman–Crippen MR) is 103 cm³/mol. The van der Waals surface area contributed by atoms with E-state index in [1.807, 2.05) is 0 Å². The highest BCUT2D eigenvalue weighted by Gasteiger charge is 2.40. The number of ether oxygens (including phenoxy) is 1. The third-order valence-electron chi connectivity index (χ3n) is 4.67. The molecule has 2 amide bonds. The van der Waals surface area contributed by atoms with E-state index in [-0.39, 0.29) is 30.4 Å². The van der Waals surface area contributed by atoms with Crippen molar-refractivity contribution in [2.75, 3.05) is 19.6 Å². The van der Waals surface area contributed by atoms with Crippen LogP contribution in [0.5, 0.6) is 11.5 Å². The molecule has 1 atom stereocenters. The van der Waals surface area contributed by atoms with E-state index in [1.165, 1.54) is 65.8 Å². The lowest BCUT2D eigenvalue weighted by Gasteiger charge is -2.38. The summed E-state index contributed by atoms with van der Waals surface area (Å²) in [6, 6.07) is 9.58. The van der Waals surface area contributed by atoms with Crippen LogP contribution in [0.15, 0.2) is 53.4 Å². The quantitative estimate of drug-likeness (QED) is 0.539. The molecule has 1 heterocycles. The van der Waals surface area contributed by atoms with E-state index in [9.17, 15) is 22.4 Å². The van der Waals surface area contributed by atoms with Crippen LogP contribution in [0.1, 0.15) is 6.92 Å². The molecule has 1 aliphatic heterocycles. The van der Waals surface area contributed by atoms with Gasteiger partial charge in [0.2, 0.25) is 15.9 Å². The third-order valence-corrected chi connectivity index (χ3v) is 6.59. The zero-order valence-electron chi connectivity index (χ0n) is 16.0. The molecule has 0 aliphatic carbocycles. The molecule has 3 rings (SSSR count). The lowest BCUT2D eigenvalue weighted by Crippen LogP contribution is -2.60. The van der Waals surface area contributed by atoms with Crippen LogP contribution >= 0.6 is 0 Å².